The second-order valence-electron chi connectivity index (χ2n) is 5.85. The second-order valence-corrected chi connectivity index (χ2v) is 7.00. The molecule has 0 saturated carbocycles. The molecule has 0 radical (unpaired) electrons. The number of thioether (sulfide) groups is 1. The summed E-state index contributed by atoms with van der Waals surface area (Å²) >= 11 is 1.49. The molecule has 0 fully saturated rings. The van der Waals surface area contributed by atoms with Crippen LogP contribution < -0.4 is 5.32 Å². The van der Waals surface area contributed by atoms with Crippen molar-refractivity contribution < 1.29 is 19.4 Å². The third-order valence-corrected chi connectivity index (χ3v) is 3.71. The Morgan fingerprint density at radius 3 is 2.45 bits per heavy atom. The van der Waals surface area contributed by atoms with Gasteiger partial charge in [-0.25, -0.2) is 9.59 Å². The van der Waals surface area contributed by atoms with Gasteiger partial charge in [-0.3, -0.25) is 0 Å². The maximum Gasteiger partial charge on any atom is 0.408 e. The van der Waals surface area contributed by atoms with Crippen molar-refractivity contribution in [2.45, 2.75) is 38.8 Å². The third-order valence-electron chi connectivity index (χ3n) is 2.65. The summed E-state index contributed by atoms with van der Waals surface area (Å²) in [5.41, 5.74) is 0.565. The smallest absolute Gasteiger partial charge is 0.408 e. The molecule has 0 heterocycles. The molecule has 1 rings (SSSR count). The molecule has 0 aromatic heterocycles. The molecule has 0 spiro atoms. The summed E-state index contributed by atoms with van der Waals surface area (Å²) in [4.78, 5) is 22.8. The van der Waals surface area contributed by atoms with E-state index in [0.29, 0.717) is 5.75 Å². The maximum absolute atomic E-state index is 11.6. The van der Waals surface area contributed by atoms with E-state index in [1.807, 2.05) is 30.3 Å². The van der Waals surface area contributed by atoms with E-state index in [1.165, 1.54) is 17.3 Å². The minimum atomic E-state index is -1.06. The fourth-order valence-corrected chi connectivity index (χ4v) is 2.67. The average molecular weight is 325 g/mol. The highest BCUT2D eigenvalue weighted by Gasteiger charge is 2.23. The predicted octanol–water partition coefficient (Wildman–Crippen LogP) is 2.94. The average Bonchev–Trinajstić information content (AvgIpc) is 2.41. The highest BCUT2D eigenvalue weighted by Crippen LogP contribution is 2.10. The number of aliphatic carboxylic acids is 1. The lowest BCUT2D eigenvalue weighted by Crippen LogP contribution is -2.45. The molecule has 2 N–H and O–H groups in total. The lowest BCUT2D eigenvalue weighted by molar-refractivity contribution is -0.138. The van der Waals surface area contributed by atoms with Crippen molar-refractivity contribution in [1.29, 1.82) is 0 Å². The minimum Gasteiger partial charge on any atom is -0.480 e. The quantitative estimate of drug-likeness (QED) is 0.754. The van der Waals surface area contributed by atoms with Crippen molar-refractivity contribution >= 4 is 23.8 Å². The Bertz CT molecular complexity index is 485. The zero-order valence-corrected chi connectivity index (χ0v) is 14.0. The molecule has 0 aliphatic carbocycles. The largest absolute Gasteiger partial charge is 0.480 e. The van der Waals surface area contributed by atoms with Gasteiger partial charge in [-0.15, -0.1) is 0 Å². The molecule has 0 aliphatic rings. The topological polar surface area (TPSA) is 75.6 Å². The van der Waals surface area contributed by atoms with E-state index < -0.39 is 23.7 Å². The van der Waals surface area contributed by atoms with Crippen LogP contribution in [0.5, 0.6) is 0 Å². The van der Waals surface area contributed by atoms with Crippen LogP contribution in [0.1, 0.15) is 26.3 Å². The van der Waals surface area contributed by atoms with Crippen molar-refractivity contribution in [3.63, 3.8) is 0 Å². The van der Waals surface area contributed by atoms with Gasteiger partial charge in [0.15, 0.2) is 0 Å². The van der Waals surface area contributed by atoms with Crippen LogP contribution in [0.2, 0.25) is 0 Å². The lowest BCUT2D eigenvalue weighted by atomic mass is 10.2. The minimum absolute atomic E-state index is 0.307. The summed E-state index contributed by atoms with van der Waals surface area (Å²) in [7, 11) is 0. The van der Waals surface area contributed by atoms with Gasteiger partial charge in [0.25, 0.3) is 0 Å². The molecule has 1 atom stereocenters. The van der Waals surface area contributed by atoms with Crippen LogP contribution in [0.4, 0.5) is 4.79 Å². The van der Waals surface area contributed by atoms with Crippen molar-refractivity contribution in [3.05, 3.63) is 35.9 Å². The first-order chi connectivity index (χ1) is 10.3. The summed E-state index contributed by atoms with van der Waals surface area (Å²) in [6.45, 7) is 5.20. The zero-order chi connectivity index (χ0) is 16.6. The van der Waals surface area contributed by atoms with Gasteiger partial charge < -0.3 is 15.2 Å². The number of hydrogen-bond donors (Lipinski definition) is 2. The van der Waals surface area contributed by atoms with Crippen LogP contribution in [0, 0.1) is 0 Å². The van der Waals surface area contributed by atoms with Crippen LogP contribution in [-0.4, -0.2) is 40.3 Å². The number of carbonyl (C=O) groups is 2. The molecular formula is C16H23NO4S. The fourth-order valence-electron chi connectivity index (χ4n) is 1.66. The Morgan fingerprint density at radius 2 is 1.91 bits per heavy atom. The number of ether oxygens (including phenoxy) is 1. The van der Waals surface area contributed by atoms with E-state index in [9.17, 15) is 9.59 Å². The van der Waals surface area contributed by atoms with Gasteiger partial charge >= 0.3 is 12.1 Å². The molecule has 0 aliphatic heterocycles. The summed E-state index contributed by atoms with van der Waals surface area (Å²) in [5, 5.41) is 11.5. The maximum atomic E-state index is 11.6. The molecule has 1 amide bonds. The van der Waals surface area contributed by atoms with E-state index in [-0.39, 0.29) is 0 Å². The van der Waals surface area contributed by atoms with Crippen LogP contribution in [0.15, 0.2) is 30.3 Å². The molecule has 6 heteroatoms. The first-order valence-electron chi connectivity index (χ1n) is 7.12. The highest BCUT2D eigenvalue weighted by molar-refractivity contribution is 7.99. The number of carbonyl (C=O) groups excluding carboxylic acids is 1. The summed E-state index contributed by atoms with van der Waals surface area (Å²) in [6, 6.07) is 9.04. The Labute approximate surface area is 135 Å². The lowest BCUT2D eigenvalue weighted by Gasteiger charge is -2.21. The fraction of sp³-hybridized carbons (Fsp3) is 0.500. The Balaban J connectivity index is 2.35. The number of amides is 1. The monoisotopic (exact) mass is 325 g/mol. The first kappa shape index (κ1) is 18.4. The van der Waals surface area contributed by atoms with Crippen molar-refractivity contribution in [1.82, 2.24) is 5.32 Å². The SMILES string of the molecule is CC(C)(C)OC(=O)NC(CSCCc1ccccc1)C(=O)O. The molecule has 1 aromatic carbocycles. The molecule has 122 valence electrons. The number of carboxylic acid groups (broad SMARTS) is 1. The van der Waals surface area contributed by atoms with E-state index in [2.05, 4.69) is 5.32 Å². The van der Waals surface area contributed by atoms with E-state index in [1.54, 1.807) is 20.8 Å². The zero-order valence-electron chi connectivity index (χ0n) is 13.2. The van der Waals surface area contributed by atoms with Crippen molar-refractivity contribution in [3.8, 4) is 0 Å². The van der Waals surface area contributed by atoms with Gasteiger partial charge in [0.05, 0.1) is 0 Å². The number of hydrogen-bond acceptors (Lipinski definition) is 4. The molecule has 22 heavy (non-hydrogen) atoms. The number of rotatable bonds is 7. The Hall–Kier alpha value is -1.69. The van der Waals surface area contributed by atoms with Crippen LogP contribution in [0.25, 0.3) is 0 Å². The summed E-state index contributed by atoms with van der Waals surface area (Å²) in [6.07, 6.45) is 0.160. The van der Waals surface area contributed by atoms with Gasteiger partial charge in [0, 0.05) is 5.75 Å². The summed E-state index contributed by atoms with van der Waals surface area (Å²) in [5.74, 6) is 0.0450. The normalized spacial score (nSPS) is 12.5. The second kappa shape index (κ2) is 8.68. The van der Waals surface area contributed by atoms with E-state index in [0.717, 1.165) is 12.2 Å². The molecule has 5 nitrogen and oxygen atoms in total. The molecule has 1 aromatic rings. The first-order valence-corrected chi connectivity index (χ1v) is 8.27. The van der Waals surface area contributed by atoms with E-state index in [4.69, 9.17) is 9.84 Å². The van der Waals surface area contributed by atoms with Crippen LogP contribution >= 0.6 is 11.8 Å². The Kier molecular flexibility index (Phi) is 7.24. The Morgan fingerprint density at radius 1 is 1.27 bits per heavy atom. The molecule has 1 unspecified atom stereocenters. The number of nitrogens with one attached hydrogen (secondary N) is 1. The predicted molar refractivity (Wildman–Crippen MR) is 88.3 cm³/mol. The van der Waals surface area contributed by atoms with Gasteiger partial charge in [0.1, 0.15) is 11.6 Å². The molecule has 0 bridgehead atoms. The number of carboxylic acids is 1. The van der Waals surface area contributed by atoms with Crippen LogP contribution in [0.3, 0.4) is 0 Å². The van der Waals surface area contributed by atoms with Gasteiger partial charge in [-0.1, -0.05) is 30.3 Å². The highest BCUT2D eigenvalue weighted by atomic mass is 32.2. The summed E-state index contributed by atoms with van der Waals surface area (Å²) < 4.78 is 5.07. The number of alkyl carbamates (subject to hydrolysis) is 1. The van der Waals surface area contributed by atoms with E-state index >= 15 is 0 Å². The van der Waals surface area contributed by atoms with Crippen LogP contribution in [-0.2, 0) is 16.0 Å². The number of aryl methyl sites for hydroxylation is 1. The van der Waals surface area contributed by atoms with Gasteiger partial charge in [-0.2, -0.15) is 11.8 Å². The van der Waals surface area contributed by atoms with Gasteiger partial charge in [-0.05, 0) is 38.5 Å². The molecule has 0 saturated heterocycles. The van der Waals surface area contributed by atoms with Crippen molar-refractivity contribution in [2.75, 3.05) is 11.5 Å². The third kappa shape index (κ3) is 7.93. The number of benzene rings is 1. The van der Waals surface area contributed by atoms with Gasteiger partial charge in [0.2, 0.25) is 0 Å². The van der Waals surface area contributed by atoms with Crippen molar-refractivity contribution in [2.24, 2.45) is 0 Å². The molecular weight excluding hydrogens is 302 g/mol. The standard InChI is InChI=1S/C16H23NO4S/c1-16(2,3)21-15(20)17-13(14(18)19)11-22-10-9-12-7-5-4-6-8-12/h4-8,13H,9-11H2,1-3H3,(H,17,20)(H,18,19).